The highest BCUT2D eigenvalue weighted by atomic mass is 35.5. The van der Waals surface area contributed by atoms with Crippen LogP contribution in [0, 0.1) is 0 Å². The van der Waals surface area contributed by atoms with Crippen molar-refractivity contribution in [2.45, 2.75) is 45.4 Å². The summed E-state index contributed by atoms with van der Waals surface area (Å²) in [5.74, 6) is 0.645. The molecule has 2 rings (SSSR count). The molecule has 0 unspecified atom stereocenters. The van der Waals surface area contributed by atoms with Gasteiger partial charge in [0.05, 0.1) is 11.1 Å². The summed E-state index contributed by atoms with van der Waals surface area (Å²) < 4.78 is 5.53. The average Bonchev–Trinajstić information content (AvgIpc) is 3.02. The molecule has 0 radical (unpaired) electrons. The number of aromatic nitrogens is 1. The van der Waals surface area contributed by atoms with Gasteiger partial charge in [-0.05, 0) is 32.3 Å². The molecule has 4 heteroatoms. The van der Waals surface area contributed by atoms with Crippen molar-refractivity contribution in [3.63, 3.8) is 0 Å². The maximum absolute atomic E-state index is 6.08. The molecular weight excluding hydrogens is 224 g/mol. The zero-order valence-corrected chi connectivity index (χ0v) is 10.4. The lowest BCUT2D eigenvalue weighted by Crippen LogP contribution is -2.16. The van der Waals surface area contributed by atoms with Crippen molar-refractivity contribution in [3.05, 3.63) is 22.8 Å². The standard InChI is InChI=1S/C12H17ClN2O/c1-8(2)16-12-5-9(11(13)7-15-12)6-14-10-3-4-10/h5,7-8,10,14H,3-4,6H2,1-2H3. The largest absolute Gasteiger partial charge is 0.475 e. The van der Waals surface area contributed by atoms with Crippen LogP contribution >= 0.6 is 11.6 Å². The molecule has 1 N–H and O–H groups in total. The Balaban J connectivity index is 2.02. The van der Waals surface area contributed by atoms with Crippen molar-refractivity contribution in [3.8, 4) is 5.88 Å². The fraction of sp³-hybridized carbons (Fsp3) is 0.583. The molecule has 0 bridgehead atoms. The Morgan fingerprint density at radius 3 is 2.94 bits per heavy atom. The lowest BCUT2D eigenvalue weighted by molar-refractivity contribution is 0.232. The van der Waals surface area contributed by atoms with Crippen LogP contribution in [0.2, 0.25) is 5.02 Å². The molecule has 1 aromatic rings. The number of halogens is 1. The number of hydrogen-bond acceptors (Lipinski definition) is 3. The SMILES string of the molecule is CC(C)Oc1cc(CNC2CC2)c(Cl)cn1. The van der Waals surface area contributed by atoms with Gasteiger partial charge in [0.15, 0.2) is 0 Å². The van der Waals surface area contributed by atoms with E-state index in [1.54, 1.807) is 6.20 Å². The van der Waals surface area contributed by atoms with Crippen LogP contribution in [0.3, 0.4) is 0 Å². The van der Waals surface area contributed by atoms with E-state index in [0.717, 1.165) is 12.1 Å². The highest BCUT2D eigenvalue weighted by molar-refractivity contribution is 6.31. The second-order valence-electron chi connectivity index (χ2n) is 4.44. The van der Waals surface area contributed by atoms with Crippen molar-refractivity contribution in [2.24, 2.45) is 0 Å². The van der Waals surface area contributed by atoms with E-state index in [1.165, 1.54) is 12.8 Å². The number of hydrogen-bond donors (Lipinski definition) is 1. The zero-order chi connectivity index (χ0) is 11.5. The molecule has 0 spiro atoms. The third-order valence-corrected chi connectivity index (χ3v) is 2.76. The van der Waals surface area contributed by atoms with Gasteiger partial charge in [-0.15, -0.1) is 0 Å². The van der Waals surface area contributed by atoms with Gasteiger partial charge >= 0.3 is 0 Å². The number of pyridine rings is 1. The first-order valence-electron chi connectivity index (χ1n) is 5.69. The molecule has 0 amide bonds. The topological polar surface area (TPSA) is 34.1 Å². The second kappa shape index (κ2) is 5.02. The van der Waals surface area contributed by atoms with E-state index in [9.17, 15) is 0 Å². The molecule has 1 saturated carbocycles. The van der Waals surface area contributed by atoms with Gasteiger partial charge in [0, 0.05) is 24.8 Å². The quantitative estimate of drug-likeness (QED) is 0.860. The Kier molecular flexibility index (Phi) is 3.66. The highest BCUT2D eigenvalue weighted by Crippen LogP contribution is 2.23. The molecule has 1 aromatic heterocycles. The van der Waals surface area contributed by atoms with Crippen LogP contribution in [0.1, 0.15) is 32.3 Å². The monoisotopic (exact) mass is 240 g/mol. The first-order valence-corrected chi connectivity index (χ1v) is 6.07. The molecule has 3 nitrogen and oxygen atoms in total. The van der Waals surface area contributed by atoms with Crippen LogP contribution in [-0.4, -0.2) is 17.1 Å². The fourth-order valence-corrected chi connectivity index (χ4v) is 1.61. The number of ether oxygens (including phenoxy) is 1. The van der Waals surface area contributed by atoms with E-state index in [-0.39, 0.29) is 6.10 Å². The normalized spacial score (nSPS) is 15.5. The lowest BCUT2D eigenvalue weighted by atomic mass is 10.2. The Hall–Kier alpha value is -0.800. The van der Waals surface area contributed by atoms with E-state index >= 15 is 0 Å². The van der Waals surface area contributed by atoms with E-state index in [2.05, 4.69) is 10.3 Å². The van der Waals surface area contributed by atoms with Gasteiger partial charge in [-0.2, -0.15) is 0 Å². The summed E-state index contributed by atoms with van der Waals surface area (Å²) in [7, 11) is 0. The van der Waals surface area contributed by atoms with Gasteiger partial charge in [-0.3, -0.25) is 0 Å². The molecule has 1 aliphatic carbocycles. The summed E-state index contributed by atoms with van der Waals surface area (Å²) in [6, 6.07) is 2.59. The first-order chi connectivity index (χ1) is 7.65. The Labute approximate surface area is 101 Å². The van der Waals surface area contributed by atoms with Gasteiger partial charge in [-0.1, -0.05) is 11.6 Å². The third kappa shape index (κ3) is 3.35. The Morgan fingerprint density at radius 2 is 2.31 bits per heavy atom. The van der Waals surface area contributed by atoms with Crippen molar-refractivity contribution in [1.82, 2.24) is 10.3 Å². The minimum Gasteiger partial charge on any atom is -0.475 e. The summed E-state index contributed by atoms with van der Waals surface area (Å²) in [6.45, 7) is 4.76. The Bertz CT molecular complexity index is 364. The lowest BCUT2D eigenvalue weighted by Gasteiger charge is -2.11. The molecule has 0 atom stereocenters. The van der Waals surface area contributed by atoms with Crippen LogP contribution in [-0.2, 0) is 6.54 Å². The summed E-state index contributed by atoms with van der Waals surface area (Å²) in [4.78, 5) is 4.14. The third-order valence-electron chi connectivity index (χ3n) is 2.42. The molecule has 1 fully saturated rings. The summed E-state index contributed by atoms with van der Waals surface area (Å²) in [5.41, 5.74) is 1.05. The average molecular weight is 241 g/mol. The second-order valence-corrected chi connectivity index (χ2v) is 4.84. The van der Waals surface area contributed by atoms with Crippen molar-refractivity contribution in [1.29, 1.82) is 0 Å². The van der Waals surface area contributed by atoms with Gasteiger partial charge in [0.25, 0.3) is 0 Å². The predicted molar refractivity (Wildman–Crippen MR) is 64.9 cm³/mol. The van der Waals surface area contributed by atoms with Gasteiger partial charge in [0.2, 0.25) is 5.88 Å². The summed E-state index contributed by atoms with van der Waals surface area (Å²) in [5, 5.41) is 4.12. The van der Waals surface area contributed by atoms with Crippen LogP contribution in [0.15, 0.2) is 12.3 Å². The maximum Gasteiger partial charge on any atom is 0.213 e. The van der Waals surface area contributed by atoms with Crippen LogP contribution in [0.4, 0.5) is 0 Å². The number of rotatable bonds is 5. The number of nitrogens with zero attached hydrogens (tertiary/aromatic N) is 1. The fourth-order valence-electron chi connectivity index (χ4n) is 1.44. The van der Waals surface area contributed by atoms with E-state index in [1.807, 2.05) is 19.9 Å². The predicted octanol–water partition coefficient (Wildman–Crippen LogP) is 2.77. The van der Waals surface area contributed by atoms with Crippen LogP contribution in [0.5, 0.6) is 5.88 Å². The van der Waals surface area contributed by atoms with Gasteiger partial charge in [-0.25, -0.2) is 4.98 Å². The molecular formula is C12H17ClN2O. The summed E-state index contributed by atoms with van der Waals surface area (Å²) >= 11 is 6.08. The molecule has 88 valence electrons. The van der Waals surface area contributed by atoms with Crippen molar-refractivity contribution in [2.75, 3.05) is 0 Å². The van der Waals surface area contributed by atoms with E-state index < -0.39 is 0 Å². The van der Waals surface area contributed by atoms with Crippen molar-refractivity contribution >= 4 is 11.6 Å². The zero-order valence-electron chi connectivity index (χ0n) is 9.66. The molecule has 0 aromatic carbocycles. The first kappa shape index (κ1) is 11.7. The van der Waals surface area contributed by atoms with E-state index in [0.29, 0.717) is 16.9 Å². The Morgan fingerprint density at radius 1 is 1.56 bits per heavy atom. The highest BCUT2D eigenvalue weighted by Gasteiger charge is 2.20. The molecule has 1 aliphatic rings. The minimum absolute atomic E-state index is 0.137. The maximum atomic E-state index is 6.08. The summed E-state index contributed by atoms with van der Waals surface area (Å²) in [6.07, 6.45) is 4.34. The minimum atomic E-state index is 0.137. The van der Waals surface area contributed by atoms with Crippen LogP contribution < -0.4 is 10.1 Å². The van der Waals surface area contributed by atoms with Crippen LogP contribution in [0.25, 0.3) is 0 Å². The van der Waals surface area contributed by atoms with Gasteiger partial charge < -0.3 is 10.1 Å². The molecule has 16 heavy (non-hydrogen) atoms. The van der Waals surface area contributed by atoms with Gasteiger partial charge in [0.1, 0.15) is 0 Å². The van der Waals surface area contributed by atoms with Crippen molar-refractivity contribution < 1.29 is 4.74 Å². The molecule has 1 heterocycles. The molecule has 0 aliphatic heterocycles. The number of nitrogens with one attached hydrogen (secondary N) is 1. The van der Waals surface area contributed by atoms with E-state index in [4.69, 9.17) is 16.3 Å². The smallest absolute Gasteiger partial charge is 0.213 e. The molecule has 0 saturated heterocycles.